The molecule has 1 N–H and O–H groups in total. The predicted octanol–water partition coefficient (Wildman–Crippen LogP) is 5.23. The van der Waals surface area contributed by atoms with E-state index in [2.05, 4.69) is 54.6 Å². The lowest BCUT2D eigenvalue weighted by Crippen LogP contribution is -1.98. The third-order valence-corrected chi connectivity index (χ3v) is 3.90. The Balaban J connectivity index is 1.73. The molecule has 1 atom stereocenters. The van der Waals surface area contributed by atoms with E-state index in [1.165, 1.54) is 36.0 Å². The molecule has 0 fully saturated rings. The maximum absolute atomic E-state index is 9.21. The van der Waals surface area contributed by atoms with Crippen molar-refractivity contribution in [3.8, 4) is 11.1 Å². The first-order valence-electron chi connectivity index (χ1n) is 8.08. The van der Waals surface area contributed by atoms with Crippen LogP contribution < -0.4 is 0 Å². The van der Waals surface area contributed by atoms with Gasteiger partial charge in [0.15, 0.2) is 0 Å². The molecule has 0 amide bonds. The van der Waals surface area contributed by atoms with Crippen LogP contribution in [0.1, 0.15) is 44.6 Å². The largest absolute Gasteiger partial charge is 0.393 e. The second-order valence-electron chi connectivity index (χ2n) is 5.86. The fourth-order valence-corrected chi connectivity index (χ4v) is 2.62. The normalized spacial score (nSPS) is 12.3. The first-order chi connectivity index (χ1) is 10.3. The van der Waals surface area contributed by atoms with Gasteiger partial charge in [0.2, 0.25) is 0 Å². The second-order valence-corrected chi connectivity index (χ2v) is 5.86. The van der Waals surface area contributed by atoms with Crippen molar-refractivity contribution in [2.45, 2.75) is 51.6 Å². The summed E-state index contributed by atoms with van der Waals surface area (Å²) in [6.45, 7) is 1.87. The number of rotatable bonds is 8. The summed E-state index contributed by atoms with van der Waals surface area (Å²) in [6, 6.07) is 19.4. The zero-order valence-corrected chi connectivity index (χ0v) is 13.0. The van der Waals surface area contributed by atoms with E-state index in [0.717, 1.165) is 19.3 Å². The average molecular weight is 282 g/mol. The van der Waals surface area contributed by atoms with Crippen molar-refractivity contribution >= 4 is 0 Å². The van der Waals surface area contributed by atoms with E-state index in [9.17, 15) is 5.11 Å². The Morgan fingerprint density at radius 2 is 1.38 bits per heavy atom. The molecule has 0 aliphatic heterocycles. The molecule has 112 valence electrons. The average Bonchev–Trinajstić information content (AvgIpc) is 2.52. The van der Waals surface area contributed by atoms with Crippen LogP contribution in [0.3, 0.4) is 0 Å². The monoisotopic (exact) mass is 282 g/mol. The highest BCUT2D eigenvalue weighted by atomic mass is 16.3. The summed E-state index contributed by atoms with van der Waals surface area (Å²) in [5.74, 6) is 0. The van der Waals surface area contributed by atoms with E-state index in [4.69, 9.17) is 0 Å². The summed E-state index contributed by atoms with van der Waals surface area (Å²) in [4.78, 5) is 0. The number of aryl methyl sites for hydroxylation is 1. The minimum Gasteiger partial charge on any atom is -0.393 e. The number of hydrogen-bond donors (Lipinski definition) is 1. The van der Waals surface area contributed by atoms with Crippen molar-refractivity contribution in [3.63, 3.8) is 0 Å². The minimum atomic E-state index is -0.143. The lowest BCUT2D eigenvalue weighted by molar-refractivity contribution is 0.180. The van der Waals surface area contributed by atoms with Crippen LogP contribution in [-0.4, -0.2) is 11.2 Å². The van der Waals surface area contributed by atoms with E-state index in [0.29, 0.717) is 0 Å². The molecule has 0 heterocycles. The first-order valence-corrected chi connectivity index (χ1v) is 8.08. The molecule has 1 unspecified atom stereocenters. The third-order valence-electron chi connectivity index (χ3n) is 3.90. The van der Waals surface area contributed by atoms with Gasteiger partial charge in [-0.2, -0.15) is 0 Å². The van der Waals surface area contributed by atoms with Gasteiger partial charge in [-0.05, 0) is 42.9 Å². The standard InChI is InChI=1S/C20H26O/c1-17(21)9-5-2-3-6-10-18-13-15-20(16-14-18)19-11-7-4-8-12-19/h4,7-8,11-17,21H,2-3,5-6,9-10H2,1H3. The number of aliphatic hydroxyl groups is 1. The molecule has 1 nitrogen and oxygen atoms in total. The van der Waals surface area contributed by atoms with Crippen LogP contribution in [0, 0.1) is 0 Å². The molecule has 2 aromatic carbocycles. The Kier molecular flexibility index (Phi) is 6.49. The summed E-state index contributed by atoms with van der Waals surface area (Å²) in [5.41, 5.74) is 3.99. The van der Waals surface area contributed by atoms with Crippen LogP contribution in [0.4, 0.5) is 0 Å². The highest BCUT2D eigenvalue weighted by molar-refractivity contribution is 5.63. The topological polar surface area (TPSA) is 20.2 Å². The van der Waals surface area contributed by atoms with Crippen LogP contribution in [0.5, 0.6) is 0 Å². The van der Waals surface area contributed by atoms with Gasteiger partial charge >= 0.3 is 0 Å². The van der Waals surface area contributed by atoms with Gasteiger partial charge in [-0.25, -0.2) is 0 Å². The smallest absolute Gasteiger partial charge is 0.0512 e. The fraction of sp³-hybridized carbons (Fsp3) is 0.400. The Labute approximate surface area is 128 Å². The lowest BCUT2D eigenvalue weighted by Gasteiger charge is -2.06. The molecule has 0 aliphatic rings. The van der Waals surface area contributed by atoms with Crippen molar-refractivity contribution in [2.24, 2.45) is 0 Å². The fourth-order valence-electron chi connectivity index (χ4n) is 2.62. The Morgan fingerprint density at radius 1 is 0.762 bits per heavy atom. The molecule has 0 spiro atoms. The van der Waals surface area contributed by atoms with E-state index in [1.54, 1.807) is 0 Å². The quantitative estimate of drug-likeness (QED) is 0.657. The lowest BCUT2D eigenvalue weighted by atomic mass is 10.0. The van der Waals surface area contributed by atoms with E-state index >= 15 is 0 Å². The van der Waals surface area contributed by atoms with Crippen LogP contribution >= 0.6 is 0 Å². The van der Waals surface area contributed by atoms with Gasteiger partial charge in [0, 0.05) is 0 Å². The van der Waals surface area contributed by atoms with Crippen LogP contribution in [0.2, 0.25) is 0 Å². The van der Waals surface area contributed by atoms with Crippen LogP contribution in [0.25, 0.3) is 11.1 Å². The van der Waals surface area contributed by atoms with Gasteiger partial charge in [0.1, 0.15) is 0 Å². The number of unbranched alkanes of at least 4 members (excludes halogenated alkanes) is 3. The van der Waals surface area contributed by atoms with Gasteiger partial charge in [-0.15, -0.1) is 0 Å². The maximum atomic E-state index is 9.21. The molecule has 1 heteroatoms. The molecule has 0 radical (unpaired) electrons. The molecule has 2 rings (SSSR count). The molecule has 2 aromatic rings. The van der Waals surface area contributed by atoms with Crippen molar-refractivity contribution in [2.75, 3.05) is 0 Å². The molecule has 0 bridgehead atoms. The molecular formula is C20H26O. The minimum absolute atomic E-state index is 0.143. The maximum Gasteiger partial charge on any atom is 0.0512 e. The Morgan fingerprint density at radius 3 is 2.05 bits per heavy atom. The van der Waals surface area contributed by atoms with Crippen molar-refractivity contribution in [3.05, 3.63) is 60.2 Å². The van der Waals surface area contributed by atoms with E-state index in [-0.39, 0.29) is 6.10 Å². The van der Waals surface area contributed by atoms with Gasteiger partial charge in [0.05, 0.1) is 6.10 Å². The zero-order valence-electron chi connectivity index (χ0n) is 13.0. The van der Waals surface area contributed by atoms with Crippen molar-refractivity contribution in [1.29, 1.82) is 0 Å². The summed E-state index contributed by atoms with van der Waals surface area (Å²) in [5, 5.41) is 9.21. The van der Waals surface area contributed by atoms with Gasteiger partial charge < -0.3 is 5.11 Å². The highest BCUT2D eigenvalue weighted by Gasteiger charge is 1.99. The first kappa shape index (κ1) is 15.8. The predicted molar refractivity (Wildman–Crippen MR) is 90.3 cm³/mol. The number of aliphatic hydroxyl groups excluding tert-OH is 1. The van der Waals surface area contributed by atoms with Crippen LogP contribution in [0.15, 0.2) is 54.6 Å². The van der Waals surface area contributed by atoms with E-state index in [1.807, 2.05) is 6.92 Å². The molecule has 21 heavy (non-hydrogen) atoms. The third kappa shape index (κ3) is 5.73. The molecule has 0 saturated carbocycles. The molecule has 0 aliphatic carbocycles. The van der Waals surface area contributed by atoms with Gasteiger partial charge in [0.25, 0.3) is 0 Å². The van der Waals surface area contributed by atoms with Gasteiger partial charge in [-0.3, -0.25) is 0 Å². The summed E-state index contributed by atoms with van der Waals surface area (Å²) in [6.07, 6.45) is 6.82. The summed E-state index contributed by atoms with van der Waals surface area (Å²) >= 11 is 0. The van der Waals surface area contributed by atoms with Crippen LogP contribution in [-0.2, 0) is 6.42 Å². The van der Waals surface area contributed by atoms with Gasteiger partial charge in [-0.1, -0.05) is 73.9 Å². The Hall–Kier alpha value is -1.60. The molecule has 0 saturated heterocycles. The van der Waals surface area contributed by atoms with Crippen molar-refractivity contribution in [1.82, 2.24) is 0 Å². The second kappa shape index (κ2) is 8.63. The molecule has 0 aromatic heterocycles. The Bertz CT molecular complexity index is 499. The molecular weight excluding hydrogens is 256 g/mol. The SMILES string of the molecule is CC(O)CCCCCCc1ccc(-c2ccccc2)cc1. The summed E-state index contributed by atoms with van der Waals surface area (Å²) < 4.78 is 0. The van der Waals surface area contributed by atoms with Crippen molar-refractivity contribution < 1.29 is 5.11 Å². The van der Waals surface area contributed by atoms with E-state index < -0.39 is 0 Å². The zero-order chi connectivity index (χ0) is 14.9. The summed E-state index contributed by atoms with van der Waals surface area (Å²) in [7, 11) is 0. The number of benzene rings is 2. The number of hydrogen-bond acceptors (Lipinski definition) is 1. The highest BCUT2D eigenvalue weighted by Crippen LogP contribution is 2.20.